The molecule has 2 N–H and O–H groups in total. The Hall–Kier alpha value is -3.89. The van der Waals surface area contributed by atoms with Crippen molar-refractivity contribution in [2.24, 2.45) is 5.10 Å². The van der Waals surface area contributed by atoms with Crippen LogP contribution in [0.2, 0.25) is 5.02 Å². The van der Waals surface area contributed by atoms with Gasteiger partial charge in [-0.3, -0.25) is 9.59 Å². The largest absolute Gasteiger partial charge is 0.506 e. The summed E-state index contributed by atoms with van der Waals surface area (Å²) in [7, 11) is 1.69. The van der Waals surface area contributed by atoms with Crippen molar-refractivity contribution in [1.29, 1.82) is 5.26 Å². The lowest BCUT2D eigenvalue weighted by atomic mass is 9.98. The van der Waals surface area contributed by atoms with Crippen LogP contribution in [0.1, 0.15) is 27.9 Å². The Bertz CT molecular complexity index is 1230. The molecule has 162 valence electrons. The second kappa shape index (κ2) is 10.4. The van der Waals surface area contributed by atoms with E-state index in [2.05, 4.69) is 10.5 Å². The number of carbonyl (C=O) groups is 2. The van der Waals surface area contributed by atoms with Crippen LogP contribution >= 0.6 is 11.6 Å². The van der Waals surface area contributed by atoms with Crippen molar-refractivity contribution in [1.82, 2.24) is 10.3 Å². The van der Waals surface area contributed by atoms with Gasteiger partial charge in [0.2, 0.25) is 5.91 Å². The number of hydrazone groups is 1. The number of aromatic hydroxyl groups is 1. The number of nitriles is 1. The summed E-state index contributed by atoms with van der Waals surface area (Å²) in [6.07, 6.45) is 2.05. The zero-order valence-corrected chi connectivity index (χ0v) is 18.1. The molecule has 0 aromatic heterocycles. The number of likely N-dealkylation sites (N-methyl/N-ethyl adjacent to an activating group) is 1. The smallest absolute Gasteiger partial charge is 0.271 e. The highest BCUT2D eigenvalue weighted by Gasteiger charge is 2.13. The van der Waals surface area contributed by atoms with Gasteiger partial charge in [0.1, 0.15) is 5.75 Å². The van der Waals surface area contributed by atoms with E-state index in [-0.39, 0.29) is 28.7 Å². The van der Waals surface area contributed by atoms with Gasteiger partial charge in [0.15, 0.2) is 0 Å². The molecule has 0 unspecified atom stereocenters. The molecule has 0 aliphatic carbocycles. The molecule has 0 atom stereocenters. The molecule has 0 saturated heterocycles. The van der Waals surface area contributed by atoms with Gasteiger partial charge in [-0.15, -0.1) is 0 Å². The monoisotopic (exact) mass is 448 g/mol. The molecular weight excluding hydrogens is 428 g/mol. The third-order valence-corrected chi connectivity index (χ3v) is 5.26. The molecule has 0 heterocycles. The zero-order chi connectivity index (χ0) is 23.1. The fourth-order valence-electron chi connectivity index (χ4n) is 3.16. The molecule has 0 bridgehead atoms. The first-order valence-electron chi connectivity index (χ1n) is 9.84. The number of nitrogens with one attached hydrogen (secondary N) is 1. The number of hydrogen-bond donors (Lipinski definition) is 2. The number of hydrogen-bond acceptors (Lipinski definition) is 5. The fraction of sp³-hybridized carbons (Fsp3) is 0.167. The van der Waals surface area contributed by atoms with Crippen molar-refractivity contribution in [2.45, 2.75) is 12.8 Å². The normalized spacial score (nSPS) is 10.8. The van der Waals surface area contributed by atoms with Crippen LogP contribution in [0.25, 0.3) is 10.8 Å². The minimum Gasteiger partial charge on any atom is -0.506 e. The lowest BCUT2D eigenvalue weighted by molar-refractivity contribution is -0.129. The molecule has 7 nitrogen and oxygen atoms in total. The van der Waals surface area contributed by atoms with Crippen LogP contribution in [-0.2, 0) is 11.2 Å². The first kappa shape index (κ1) is 22.8. The minimum atomic E-state index is -0.463. The molecule has 0 saturated carbocycles. The summed E-state index contributed by atoms with van der Waals surface area (Å²) in [6.45, 7) is 0.393. The highest BCUT2D eigenvalue weighted by Crippen LogP contribution is 2.24. The highest BCUT2D eigenvalue weighted by molar-refractivity contribution is 6.32. The van der Waals surface area contributed by atoms with Gasteiger partial charge in [-0.25, -0.2) is 5.43 Å². The summed E-state index contributed by atoms with van der Waals surface area (Å²) < 4.78 is 0. The van der Waals surface area contributed by atoms with E-state index in [1.165, 1.54) is 24.4 Å². The summed E-state index contributed by atoms with van der Waals surface area (Å²) >= 11 is 5.84. The van der Waals surface area contributed by atoms with E-state index in [0.29, 0.717) is 13.0 Å². The standard InChI is InChI=1S/C24H21ClN4O3/c1-29(12-4-11-26)23(31)14-16-7-8-18(20-6-3-2-5-19(16)20)15-27-28-24(32)17-9-10-22(30)21(25)13-17/h2-3,5-10,13,15,30H,4,12,14H2,1H3,(H,28,32). The number of rotatable bonds is 7. The third-order valence-electron chi connectivity index (χ3n) is 4.95. The molecule has 0 aliphatic heterocycles. The number of amides is 2. The van der Waals surface area contributed by atoms with Gasteiger partial charge in [-0.05, 0) is 34.5 Å². The van der Waals surface area contributed by atoms with E-state index < -0.39 is 5.91 Å². The van der Waals surface area contributed by atoms with Gasteiger partial charge in [-0.1, -0.05) is 48.0 Å². The average molecular weight is 449 g/mol. The zero-order valence-electron chi connectivity index (χ0n) is 17.4. The third kappa shape index (κ3) is 5.42. The summed E-state index contributed by atoms with van der Waals surface area (Å²) in [6, 6.07) is 17.5. The Balaban J connectivity index is 1.77. The van der Waals surface area contributed by atoms with E-state index in [4.69, 9.17) is 16.9 Å². The van der Waals surface area contributed by atoms with Crippen LogP contribution in [0.15, 0.2) is 59.7 Å². The second-order valence-corrected chi connectivity index (χ2v) is 7.53. The predicted molar refractivity (Wildman–Crippen MR) is 124 cm³/mol. The number of phenols is 1. The number of benzene rings is 3. The summed E-state index contributed by atoms with van der Waals surface area (Å²) in [5, 5.41) is 24.1. The van der Waals surface area contributed by atoms with Crippen LogP contribution in [0, 0.1) is 11.3 Å². The lowest BCUT2D eigenvalue weighted by Gasteiger charge is -2.16. The summed E-state index contributed by atoms with van der Waals surface area (Å²) in [4.78, 5) is 26.3. The molecule has 2 amide bonds. The predicted octanol–water partition coefficient (Wildman–Crippen LogP) is 3.88. The summed E-state index contributed by atoms with van der Waals surface area (Å²) in [5.74, 6) is -0.630. The maximum absolute atomic E-state index is 12.5. The molecular formula is C24H21ClN4O3. The maximum atomic E-state index is 12.5. The Labute approximate surface area is 190 Å². The number of carbonyl (C=O) groups excluding carboxylic acids is 2. The SMILES string of the molecule is CN(CCC#N)C(=O)Cc1ccc(C=NNC(=O)c2ccc(O)c(Cl)c2)c2ccccc12. The summed E-state index contributed by atoms with van der Waals surface area (Å²) in [5.41, 5.74) is 4.36. The fourth-order valence-corrected chi connectivity index (χ4v) is 3.35. The Morgan fingerprint density at radius 2 is 1.94 bits per heavy atom. The first-order valence-corrected chi connectivity index (χ1v) is 10.2. The van der Waals surface area contributed by atoms with E-state index >= 15 is 0 Å². The quantitative estimate of drug-likeness (QED) is 0.422. The number of fused-ring (bicyclic) bond motifs is 1. The molecule has 3 rings (SSSR count). The molecule has 3 aromatic carbocycles. The number of nitrogens with zero attached hydrogens (tertiary/aromatic N) is 3. The maximum Gasteiger partial charge on any atom is 0.271 e. The van der Waals surface area contributed by atoms with Gasteiger partial charge in [0.25, 0.3) is 5.91 Å². The van der Waals surface area contributed by atoms with Gasteiger partial charge in [0, 0.05) is 24.7 Å². The van der Waals surface area contributed by atoms with Crippen molar-refractivity contribution in [3.63, 3.8) is 0 Å². The molecule has 0 aliphatic rings. The average Bonchev–Trinajstić information content (AvgIpc) is 2.80. The van der Waals surface area contributed by atoms with Gasteiger partial charge in [0.05, 0.1) is 30.1 Å². The molecule has 32 heavy (non-hydrogen) atoms. The van der Waals surface area contributed by atoms with Crippen molar-refractivity contribution >= 4 is 40.4 Å². The topological polar surface area (TPSA) is 106 Å². The molecule has 0 fully saturated rings. The second-order valence-electron chi connectivity index (χ2n) is 7.12. The van der Waals surface area contributed by atoms with Crippen molar-refractivity contribution in [3.8, 4) is 11.8 Å². The van der Waals surface area contributed by atoms with Crippen LogP contribution in [0.5, 0.6) is 5.75 Å². The number of halogens is 1. The van der Waals surface area contributed by atoms with Crippen molar-refractivity contribution in [2.75, 3.05) is 13.6 Å². The van der Waals surface area contributed by atoms with Gasteiger partial charge < -0.3 is 10.0 Å². The molecule has 0 spiro atoms. The molecule has 0 radical (unpaired) electrons. The lowest BCUT2D eigenvalue weighted by Crippen LogP contribution is -2.29. The minimum absolute atomic E-state index is 0.0633. The molecule has 8 heteroatoms. The Kier molecular flexibility index (Phi) is 7.42. The molecule has 3 aromatic rings. The first-order chi connectivity index (χ1) is 15.4. The Morgan fingerprint density at radius 3 is 2.66 bits per heavy atom. The van der Waals surface area contributed by atoms with Crippen LogP contribution in [-0.4, -0.2) is 41.6 Å². The number of phenolic OH excluding ortho intramolecular Hbond substituents is 1. The highest BCUT2D eigenvalue weighted by atomic mass is 35.5. The van der Waals surface area contributed by atoms with Gasteiger partial charge in [-0.2, -0.15) is 10.4 Å². The van der Waals surface area contributed by atoms with E-state index in [1.54, 1.807) is 11.9 Å². The van der Waals surface area contributed by atoms with Crippen LogP contribution < -0.4 is 5.43 Å². The van der Waals surface area contributed by atoms with Gasteiger partial charge >= 0.3 is 0 Å². The Morgan fingerprint density at radius 1 is 1.19 bits per heavy atom. The van der Waals surface area contributed by atoms with Crippen LogP contribution in [0.3, 0.4) is 0 Å². The van der Waals surface area contributed by atoms with Crippen molar-refractivity contribution in [3.05, 3.63) is 76.3 Å². The van der Waals surface area contributed by atoms with E-state index in [0.717, 1.165) is 21.9 Å². The van der Waals surface area contributed by atoms with E-state index in [1.807, 2.05) is 42.5 Å². The van der Waals surface area contributed by atoms with Crippen LogP contribution in [0.4, 0.5) is 0 Å². The van der Waals surface area contributed by atoms with Crippen molar-refractivity contribution < 1.29 is 14.7 Å². The van der Waals surface area contributed by atoms with E-state index in [9.17, 15) is 14.7 Å².